The summed E-state index contributed by atoms with van der Waals surface area (Å²) in [5.41, 5.74) is 0.564. The van der Waals surface area contributed by atoms with Crippen LogP contribution in [0.2, 0.25) is 0 Å². The van der Waals surface area contributed by atoms with Gasteiger partial charge >= 0.3 is 5.97 Å². The summed E-state index contributed by atoms with van der Waals surface area (Å²) >= 11 is 0. The summed E-state index contributed by atoms with van der Waals surface area (Å²) in [4.78, 5) is 15.9. The molecule has 0 spiro atoms. The van der Waals surface area contributed by atoms with Crippen molar-refractivity contribution in [1.29, 1.82) is 0 Å². The van der Waals surface area contributed by atoms with Gasteiger partial charge in [-0.3, -0.25) is 0 Å². The lowest BCUT2D eigenvalue weighted by molar-refractivity contribution is -0.0452. The van der Waals surface area contributed by atoms with E-state index < -0.39 is 0 Å². The number of methoxy groups -OCH3 is 3. The van der Waals surface area contributed by atoms with Crippen LogP contribution in [0.25, 0.3) is 0 Å². The zero-order valence-corrected chi connectivity index (χ0v) is 21.0. The largest absolute Gasteiger partial charge is 0.493 e. The fourth-order valence-electron chi connectivity index (χ4n) is 6.59. The SMILES string of the molecule is COc1cc(C(=O)OC2C(CN3CCCC3)C3CCC2(C)C3(C)C)cc(OC)c1OC.Cl. The molecule has 1 saturated heterocycles. The lowest BCUT2D eigenvalue weighted by Gasteiger charge is -2.40. The smallest absolute Gasteiger partial charge is 0.338 e. The van der Waals surface area contributed by atoms with Gasteiger partial charge < -0.3 is 23.8 Å². The van der Waals surface area contributed by atoms with Gasteiger partial charge in [-0.1, -0.05) is 20.8 Å². The lowest BCUT2D eigenvalue weighted by atomic mass is 9.70. The number of carbonyl (C=O) groups is 1. The van der Waals surface area contributed by atoms with Crippen LogP contribution >= 0.6 is 12.4 Å². The van der Waals surface area contributed by atoms with Gasteiger partial charge in [0.1, 0.15) is 6.10 Å². The van der Waals surface area contributed by atoms with Gasteiger partial charge in [-0.25, -0.2) is 4.79 Å². The average molecular weight is 468 g/mol. The maximum atomic E-state index is 13.4. The molecule has 32 heavy (non-hydrogen) atoms. The Bertz CT molecular complexity index is 813. The second-order valence-corrected chi connectivity index (χ2v) is 10.2. The number of fused-ring (bicyclic) bond motifs is 2. The van der Waals surface area contributed by atoms with Crippen LogP contribution in [0.1, 0.15) is 56.8 Å². The third-order valence-electron chi connectivity index (χ3n) is 8.71. The number of hydrogen-bond acceptors (Lipinski definition) is 6. The molecule has 1 heterocycles. The van der Waals surface area contributed by atoms with Gasteiger partial charge in [0.15, 0.2) is 11.5 Å². The Labute approximate surface area is 198 Å². The van der Waals surface area contributed by atoms with E-state index >= 15 is 0 Å². The molecule has 4 unspecified atom stereocenters. The van der Waals surface area contributed by atoms with Gasteiger partial charge in [0.25, 0.3) is 0 Å². The van der Waals surface area contributed by atoms with Crippen LogP contribution in [0.5, 0.6) is 17.2 Å². The second kappa shape index (κ2) is 9.30. The highest BCUT2D eigenvalue weighted by Crippen LogP contribution is 2.68. The van der Waals surface area contributed by atoms with Gasteiger partial charge in [-0.15, -0.1) is 12.4 Å². The second-order valence-electron chi connectivity index (χ2n) is 10.2. The highest BCUT2D eigenvalue weighted by Gasteiger charge is 2.67. The predicted molar refractivity (Wildman–Crippen MR) is 126 cm³/mol. The monoisotopic (exact) mass is 467 g/mol. The number of benzene rings is 1. The Morgan fingerprint density at radius 2 is 1.62 bits per heavy atom. The van der Waals surface area contributed by atoms with Crippen molar-refractivity contribution in [3.63, 3.8) is 0 Å². The number of carbonyl (C=O) groups excluding carboxylic acids is 1. The van der Waals surface area contributed by atoms with Crippen molar-refractivity contribution >= 4 is 18.4 Å². The first-order valence-corrected chi connectivity index (χ1v) is 11.5. The summed E-state index contributed by atoms with van der Waals surface area (Å²) in [7, 11) is 4.66. The minimum absolute atomic E-state index is 0. The van der Waals surface area contributed by atoms with E-state index in [1.165, 1.54) is 19.3 Å². The van der Waals surface area contributed by atoms with E-state index in [-0.39, 0.29) is 35.3 Å². The predicted octanol–water partition coefficient (Wildman–Crippen LogP) is 4.83. The van der Waals surface area contributed by atoms with Crippen molar-refractivity contribution in [2.45, 2.75) is 52.6 Å². The lowest BCUT2D eigenvalue weighted by Crippen LogP contribution is -2.44. The van der Waals surface area contributed by atoms with E-state index in [1.54, 1.807) is 33.5 Å². The summed E-state index contributed by atoms with van der Waals surface area (Å²) in [5, 5.41) is 0. The fourth-order valence-corrected chi connectivity index (χ4v) is 6.59. The van der Waals surface area contributed by atoms with Crippen molar-refractivity contribution in [3.05, 3.63) is 17.7 Å². The van der Waals surface area contributed by atoms with Crippen molar-refractivity contribution in [1.82, 2.24) is 4.90 Å². The van der Waals surface area contributed by atoms with E-state index in [9.17, 15) is 4.79 Å². The zero-order valence-electron chi connectivity index (χ0n) is 20.2. The minimum Gasteiger partial charge on any atom is -0.493 e. The molecule has 0 aromatic heterocycles. The highest BCUT2D eigenvalue weighted by molar-refractivity contribution is 5.91. The summed E-state index contributed by atoms with van der Waals surface area (Å²) < 4.78 is 22.6. The summed E-state index contributed by atoms with van der Waals surface area (Å²) in [5.74, 6) is 2.03. The molecule has 2 bridgehead atoms. The van der Waals surface area contributed by atoms with Crippen LogP contribution in [0, 0.1) is 22.7 Å². The normalized spacial score (nSPS) is 30.6. The molecule has 0 radical (unpaired) electrons. The number of hydrogen-bond donors (Lipinski definition) is 0. The molecule has 0 N–H and O–H groups in total. The van der Waals surface area contributed by atoms with E-state index in [0.717, 1.165) is 26.1 Å². The van der Waals surface area contributed by atoms with Gasteiger partial charge in [-0.2, -0.15) is 0 Å². The quantitative estimate of drug-likeness (QED) is 0.535. The number of nitrogens with zero attached hydrogens (tertiary/aromatic N) is 1. The molecule has 2 aliphatic carbocycles. The number of esters is 1. The molecule has 180 valence electrons. The summed E-state index contributed by atoms with van der Waals surface area (Å²) in [6.07, 6.45) is 4.78. The van der Waals surface area contributed by atoms with Gasteiger partial charge in [0.05, 0.1) is 26.9 Å². The molecule has 1 aromatic rings. The average Bonchev–Trinajstić information content (AvgIpc) is 3.38. The Kier molecular flexibility index (Phi) is 7.26. The number of rotatable bonds is 7. The van der Waals surface area contributed by atoms with Crippen molar-refractivity contribution in [2.24, 2.45) is 22.7 Å². The molecule has 2 saturated carbocycles. The molecule has 3 fully saturated rings. The first-order valence-electron chi connectivity index (χ1n) is 11.5. The maximum Gasteiger partial charge on any atom is 0.338 e. The Morgan fingerprint density at radius 1 is 1.03 bits per heavy atom. The highest BCUT2D eigenvalue weighted by atomic mass is 35.5. The molecule has 4 rings (SSSR count). The number of halogens is 1. The van der Waals surface area contributed by atoms with Crippen LogP contribution in [-0.2, 0) is 4.74 Å². The Hall–Kier alpha value is -1.66. The summed E-state index contributed by atoms with van der Waals surface area (Å²) in [6.45, 7) is 10.4. The van der Waals surface area contributed by atoms with Gasteiger partial charge in [0.2, 0.25) is 5.75 Å². The molecule has 1 aliphatic heterocycles. The van der Waals surface area contributed by atoms with Crippen molar-refractivity contribution < 1.29 is 23.7 Å². The fraction of sp³-hybridized carbons (Fsp3) is 0.720. The Morgan fingerprint density at radius 3 is 2.16 bits per heavy atom. The van der Waals surface area contributed by atoms with E-state index in [1.807, 2.05) is 0 Å². The van der Waals surface area contributed by atoms with Crippen molar-refractivity contribution in [3.8, 4) is 17.2 Å². The molecule has 4 atom stereocenters. The molecule has 3 aliphatic rings. The van der Waals surface area contributed by atoms with E-state index in [4.69, 9.17) is 18.9 Å². The zero-order chi connectivity index (χ0) is 22.4. The molecule has 0 amide bonds. The third kappa shape index (κ3) is 3.83. The molecular formula is C25H38ClNO5. The van der Waals surface area contributed by atoms with E-state index in [2.05, 4.69) is 25.7 Å². The number of likely N-dealkylation sites (tertiary alicyclic amines) is 1. The van der Waals surface area contributed by atoms with Gasteiger partial charge in [0, 0.05) is 17.9 Å². The van der Waals surface area contributed by atoms with E-state index in [0.29, 0.717) is 34.6 Å². The third-order valence-corrected chi connectivity index (χ3v) is 8.71. The maximum absolute atomic E-state index is 13.4. The van der Waals surface area contributed by atoms with Gasteiger partial charge in [-0.05, 0) is 62.2 Å². The van der Waals surface area contributed by atoms with Crippen LogP contribution in [0.4, 0.5) is 0 Å². The molecule has 6 nitrogen and oxygen atoms in total. The van der Waals surface area contributed by atoms with Crippen LogP contribution in [0.3, 0.4) is 0 Å². The van der Waals surface area contributed by atoms with Crippen LogP contribution in [-0.4, -0.2) is 57.9 Å². The minimum atomic E-state index is -0.319. The standard InChI is InChI=1S/C25H37NO5.ClH/c1-24(2)18-9-10-25(24,3)22(17(18)15-26-11-7-8-12-26)31-23(27)16-13-19(28-4)21(30-6)20(14-16)29-5;/h13-14,17-18,22H,7-12,15H2,1-6H3;1H. The summed E-state index contributed by atoms with van der Waals surface area (Å²) in [6, 6.07) is 3.36. The molecule has 1 aromatic carbocycles. The topological polar surface area (TPSA) is 57.2 Å². The Balaban J connectivity index is 0.00000289. The van der Waals surface area contributed by atoms with Crippen molar-refractivity contribution in [2.75, 3.05) is 41.0 Å². The van der Waals surface area contributed by atoms with Crippen LogP contribution in [0.15, 0.2) is 12.1 Å². The number of ether oxygens (including phenoxy) is 4. The first-order chi connectivity index (χ1) is 14.8. The first kappa shape index (κ1) is 25.0. The molecular weight excluding hydrogens is 430 g/mol. The molecule has 7 heteroatoms. The van der Waals surface area contributed by atoms with Crippen LogP contribution < -0.4 is 14.2 Å².